The number of ether oxygens (including phenoxy) is 1. The molecule has 234 valence electrons. The Morgan fingerprint density at radius 1 is 1.07 bits per heavy atom. The first-order valence-electron chi connectivity index (χ1n) is 15.9. The van der Waals surface area contributed by atoms with Gasteiger partial charge in [-0.1, -0.05) is 61.0 Å². The lowest BCUT2D eigenvalue weighted by molar-refractivity contribution is -0.0821. The van der Waals surface area contributed by atoms with Gasteiger partial charge in [0.2, 0.25) is 5.78 Å². The van der Waals surface area contributed by atoms with Crippen molar-refractivity contribution in [2.45, 2.75) is 89.9 Å². The Kier molecular flexibility index (Phi) is 9.76. The number of aliphatic hydroxyl groups is 2. The molecular weight excluding hydrogens is 554 g/mol. The van der Waals surface area contributed by atoms with Gasteiger partial charge in [-0.15, -0.1) is 0 Å². The number of hydrogen-bond donors (Lipinski definition) is 2. The van der Waals surface area contributed by atoms with Gasteiger partial charge >= 0.3 is 6.09 Å². The van der Waals surface area contributed by atoms with E-state index >= 15 is 0 Å². The fourth-order valence-corrected chi connectivity index (χ4v) is 7.26. The van der Waals surface area contributed by atoms with Crippen molar-refractivity contribution in [1.82, 2.24) is 4.90 Å². The molecule has 2 aromatic carbocycles. The monoisotopic (exact) mass is 599 g/mol. The van der Waals surface area contributed by atoms with E-state index in [1.165, 1.54) is 11.8 Å². The highest BCUT2D eigenvalue weighted by molar-refractivity contribution is 6.08. The van der Waals surface area contributed by atoms with Crippen molar-refractivity contribution in [3.8, 4) is 0 Å². The molecule has 0 unspecified atom stereocenters. The first-order valence-corrected chi connectivity index (χ1v) is 15.9. The third-order valence-corrected chi connectivity index (χ3v) is 9.86. The largest absolute Gasteiger partial charge is 0.461 e. The Labute approximate surface area is 260 Å². The number of fused-ring (bicyclic) bond motifs is 8. The van der Waals surface area contributed by atoms with Gasteiger partial charge in [-0.2, -0.15) is 0 Å². The van der Waals surface area contributed by atoms with Gasteiger partial charge in [0, 0.05) is 17.5 Å². The van der Waals surface area contributed by atoms with Gasteiger partial charge in [0.15, 0.2) is 5.76 Å². The Balaban J connectivity index is 1.58. The van der Waals surface area contributed by atoms with Gasteiger partial charge < -0.3 is 24.3 Å². The first-order chi connectivity index (χ1) is 21.1. The highest BCUT2D eigenvalue weighted by Crippen LogP contribution is 2.59. The Morgan fingerprint density at radius 2 is 1.86 bits per heavy atom. The van der Waals surface area contributed by atoms with E-state index in [0.717, 1.165) is 29.5 Å². The van der Waals surface area contributed by atoms with E-state index in [1.807, 2.05) is 48.5 Å². The van der Waals surface area contributed by atoms with E-state index in [4.69, 9.17) is 9.15 Å². The quantitative estimate of drug-likeness (QED) is 0.220. The molecule has 1 saturated carbocycles. The average Bonchev–Trinajstić information content (AvgIpc) is 3.63. The molecule has 0 aliphatic heterocycles. The molecule has 1 aromatic heterocycles. The summed E-state index contributed by atoms with van der Waals surface area (Å²) in [4.78, 5) is 28.8. The van der Waals surface area contributed by atoms with Gasteiger partial charge in [-0.3, -0.25) is 4.79 Å². The second kappa shape index (κ2) is 13.5. The van der Waals surface area contributed by atoms with Crippen LogP contribution in [-0.2, 0) is 17.7 Å². The lowest BCUT2D eigenvalue weighted by atomic mass is 9.64. The normalized spacial score (nSPS) is 25.5. The number of rotatable bonds is 7. The minimum absolute atomic E-state index is 0.113. The standard InChI is InChI=1S/C37H45NO6/c1-4-43-35(41)38(24-27-11-6-5-7-12-27)25-37(42)20-18-32-30-17-15-28(23-31(30)34(40)33-13-9-21-44-33)22-29(39)16-14-26(2)10-8-19-36(32,37)3/h5-7,9-13,15,17,21,23,29,32,39,42H,4,8,14,16,18-20,22,24-25H2,1-3H3/t29-,32-,36-,37+/m0/s1. The molecule has 0 radical (unpaired) electrons. The lowest BCUT2D eigenvalue weighted by Crippen LogP contribution is -2.53. The lowest BCUT2D eigenvalue weighted by Gasteiger charge is -2.46. The maximum absolute atomic E-state index is 13.9. The fourth-order valence-electron chi connectivity index (χ4n) is 7.26. The number of furan rings is 1. The van der Waals surface area contributed by atoms with Crippen LogP contribution < -0.4 is 0 Å². The zero-order valence-corrected chi connectivity index (χ0v) is 26.1. The maximum Gasteiger partial charge on any atom is 0.410 e. The fraction of sp³-hybridized carbons (Fsp3) is 0.459. The van der Waals surface area contributed by atoms with Crippen molar-refractivity contribution in [1.29, 1.82) is 0 Å². The highest BCUT2D eigenvalue weighted by Gasteiger charge is 2.57. The van der Waals surface area contributed by atoms with E-state index in [9.17, 15) is 19.8 Å². The summed E-state index contributed by atoms with van der Waals surface area (Å²) in [7, 11) is 0. The minimum Gasteiger partial charge on any atom is -0.461 e. The predicted octanol–water partition coefficient (Wildman–Crippen LogP) is 7.21. The van der Waals surface area contributed by atoms with Crippen molar-refractivity contribution in [2.24, 2.45) is 5.41 Å². The van der Waals surface area contributed by atoms with Crippen molar-refractivity contribution in [3.63, 3.8) is 0 Å². The molecule has 2 bridgehead atoms. The van der Waals surface area contributed by atoms with Crippen LogP contribution >= 0.6 is 0 Å². The van der Waals surface area contributed by atoms with Crippen LogP contribution in [0.2, 0.25) is 0 Å². The SMILES string of the molecule is CCOC(=O)N(Cc1ccccc1)C[C@]1(O)CC[C@H]2c3ccc(cc3C(=O)c3ccco3)C[C@@H](O)CCC(C)=CCC[C@@]21C. The number of hydrogen-bond acceptors (Lipinski definition) is 6. The van der Waals surface area contributed by atoms with Crippen LogP contribution in [0.5, 0.6) is 0 Å². The number of nitrogens with zero attached hydrogens (tertiary/aromatic N) is 1. The highest BCUT2D eigenvalue weighted by atomic mass is 16.6. The van der Waals surface area contributed by atoms with E-state index in [0.29, 0.717) is 44.2 Å². The molecule has 0 saturated heterocycles. The molecule has 7 nitrogen and oxygen atoms in total. The van der Waals surface area contributed by atoms with Crippen molar-refractivity contribution in [3.05, 3.63) is 107 Å². The van der Waals surface area contributed by atoms with Crippen LogP contribution in [0.1, 0.15) is 98.0 Å². The zero-order valence-electron chi connectivity index (χ0n) is 26.1. The van der Waals surface area contributed by atoms with E-state index in [2.05, 4.69) is 19.9 Å². The predicted molar refractivity (Wildman–Crippen MR) is 169 cm³/mol. The molecule has 3 aromatic rings. The number of carbonyl (C=O) groups is 2. The molecule has 7 heteroatoms. The van der Waals surface area contributed by atoms with E-state index in [-0.39, 0.29) is 30.6 Å². The second-order valence-electron chi connectivity index (χ2n) is 12.8. The molecule has 1 heterocycles. The van der Waals surface area contributed by atoms with Crippen molar-refractivity contribution in [2.75, 3.05) is 13.2 Å². The summed E-state index contributed by atoms with van der Waals surface area (Å²) in [6, 6.07) is 19.0. The molecule has 3 aliphatic rings. The van der Waals surface area contributed by atoms with Gasteiger partial charge in [-0.05, 0) is 99.6 Å². The summed E-state index contributed by atoms with van der Waals surface area (Å²) in [6.07, 6.45) is 7.10. The number of amides is 1. The summed E-state index contributed by atoms with van der Waals surface area (Å²) in [5, 5.41) is 23.5. The van der Waals surface area contributed by atoms with Crippen LogP contribution in [0.25, 0.3) is 0 Å². The van der Waals surface area contributed by atoms with Gasteiger partial charge in [0.1, 0.15) is 0 Å². The van der Waals surface area contributed by atoms with Gasteiger partial charge in [0.25, 0.3) is 0 Å². The van der Waals surface area contributed by atoms with Crippen LogP contribution in [0, 0.1) is 5.41 Å². The summed E-state index contributed by atoms with van der Waals surface area (Å²) in [6.45, 7) is 6.67. The number of benzene rings is 2. The molecule has 1 amide bonds. The topological polar surface area (TPSA) is 100 Å². The Hall–Kier alpha value is -3.68. The van der Waals surface area contributed by atoms with Crippen LogP contribution in [0.3, 0.4) is 0 Å². The smallest absolute Gasteiger partial charge is 0.410 e. The second-order valence-corrected chi connectivity index (χ2v) is 12.8. The summed E-state index contributed by atoms with van der Waals surface area (Å²) >= 11 is 0. The number of ketones is 1. The summed E-state index contributed by atoms with van der Waals surface area (Å²) < 4.78 is 11.0. The van der Waals surface area contributed by atoms with Crippen LogP contribution in [0.4, 0.5) is 4.79 Å². The first kappa shape index (κ1) is 31.7. The van der Waals surface area contributed by atoms with Gasteiger partial charge in [-0.25, -0.2) is 4.79 Å². The zero-order chi connectivity index (χ0) is 31.3. The molecule has 44 heavy (non-hydrogen) atoms. The third kappa shape index (κ3) is 6.69. The Morgan fingerprint density at radius 3 is 2.59 bits per heavy atom. The summed E-state index contributed by atoms with van der Waals surface area (Å²) in [5.41, 5.74) is 2.56. The third-order valence-electron chi connectivity index (χ3n) is 9.86. The number of carbonyl (C=O) groups excluding carboxylic acids is 2. The molecule has 2 N–H and O–H groups in total. The number of allylic oxidation sites excluding steroid dienone is 2. The van der Waals surface area contributed by atoms with Crippen LogP contribution in [-0.4, -0.2) is 51.8 Å². The molecule has 4 atom stereocenters. The van der Waals surface area contributed by atoms with Crippen molar-refractivity contribution < 1.29 is 29.0 Å². The molecular formula is C37H45NO6. The van der Waals surface area contributed by atoms with Crippen LogP contribution in [0.15, 0.2) is 83.0 Å². The average molecular weight is 600 g/mol. The van der Waals surface area contributed by atoms with E-state index < -0.39 is 23.2 Å². The molecule has 0 spiro atoms. The van der Waals surface area contributed by atoms with E-state index in [1.54, 1.807) is 24.0 Å². The number of aliphatic hydroxyl groups excluding tert-OH is 1. The van der Waals surface area contributed by atoms with Gasteiger partial charge in [0.05, 0.1) is 31.1 Å². The molecule has 1 fully saturated rings. The Bertz CT molecular complexity index is 1460. The molecule has 3 aliphatic carbocycles. The van der Waals surface area contributed by atoms with Crippen molar-refractivity contribution >= 4 is 11.9 Å². The summed E-state index contributed by atoms with van der Waals surface area (Å²) in [5.74, 6) is -0.105. The maximum atomic E-state index is 13.9. The minimum atomic E-state index is -1.24. The molecule has 6 rings (SSSR count).